The van der Waals surface area contributed by atoms with Gasteiger partial charge in [-0.3, -0.25) is 4.79 Å². The molecule has 0 fully saturated rings. The van der Waals surface area contributed by atoms with Gasteiger partial charge in [-0.15, -0.1) is 0 Å². The molecule has 1 amide bonds. The number of ether oxygens (including phenoxy) is 4. The minimum absolute atomic E-state index is 0.0969. The topological polar surface area (TPSA) is 77.5 Å². The summed E-state index contributed by atoms with van der Waals surface area (Å²) in [7, 11) is 5.78. The molecule has 0 saturated carbocycles. The maximum atomic E-state index is 13.4. The minimum atomic E-state index is -5.08. The molecule has 2 aromatic carbocycles. The van der Waals surface area contributed by atoms with E-state index >= 15 is 0 Å². The van der Waals surface area contributed by atoms with Crippen LogP contribution >= 0.6 is 0 Å². The molecule has 2 atom stereocenters. The van der Waals surface area contributed by atoms with Gasteiger partial charge in [-0.25, -0.2) is 0 Å². The fourth-order valence-electron chi connectivity index (χ4n) is 4.63. The summed E-state index contributed by atoms with van der Waals surface area (Å²) in [5, 5.41) is 10.7. The van der Waals surface area contributed by atoms with E-state index in [1.807, 2.05) is 0 Å². The van der Waals surface area contributed by atoms with Gasteiger partial charge in [-0.05, 0) is 46.9 Å². The number of nitrogens with zero attached hydrogens (tertiary/aromatic N) is 1. The fraction of sp³-hybridized carbons (Fsp3) is 0.409. The average Bonchev–Trinajstić information content (AvgIpc) is 2.78. The Hall–Kier alpha value is -3.14. The lowest BCUT2D eigenvalue weighted by Gasteiger charge is -2.44. The van der Waals surface area contributed by atoms with Gasteiger partial charge >= 0.3 is 12.1 Å². The highest BCUT2D eigenvalue weighted by Gasteiger charge is 2.50. The van der Waals surface area contributed by atoms with Crippen LogP contribution in [-0.2, 0) is 11.2 Å². The number of halogens is 3. The first-order valence-corrected chi connectivity index (χ1v) is 9.76. The van der Waals surface area contributed by atoms with Crippen molar-refractivity contribution in [1.82, 2.24) is 4.90 Å². The number of rotatable bonds is 4. The molecule has 0 bridgehead atoms. The van der Waals surface area contributed by atoms with Crippen LogP contribution in [0.4, 0.5) is 13.2 Å². The van der Waals surface area contributed by atoms with E-state index in [9.17, 15) is 23.1 Å². The molecule has 0 saturated heterocycles. The summed E-state index contributed by atoms with van der Waals surface area (Å²) in [5.41, 5.74) is 2.54. The fourth-order valence-corrected chi connectivity index (χ4v) is 4.63. The average molecular weight is 453 g/mol. The Morgan fingerprint density at radius 2 is 1.62 bits per heavy atom. The molecule has 0 unspecified atom stereocenters. The van der Waals surface area contributed by atoms with Crippen LogP contribution in [0.5, 0.6) is 23.0 Å². The maximum Gasteiger partial charge on any atom is 0.471 e. The molecule has 2 aliphatic rings. The molecule has 172 valence electrons. The lowest BCUT2D eigenvalue weighted by Crippen LogP contribution is -2.49. The van der Waals surface area contributed by atoms with E-state index in [1.54, 1.807) is 18.2 Å². The molecular weight excluding hydrogens is 431 g/mol. The third-order valence-electron chi connectivity index (χ3n) is 5.98. The van der Waals surface area contributed by atoms with Crippen LogP contribution in [0.15, 0.2) is 18.2 Å². The largest absolute Gasteiger partial charge is 0.493 e. The maximum absolute atomic E-state index is 13.4. The number of aliphatic hydroxyl groups is 1. The van der Waals surface area contributed by atoms with Crippen LogP contribution in [0, 0.1) is 0 Å². The van der Waals surface area contributed by atoms with Crippen molar-refractivity contribution >= 4 is 5.91 Å². The third kappa shape index (κ3) is 3.21. The standard InChI is InChI=1S/C22H22F3NO6/c1-29-15-6-10-5-13-18-12(14(27)9-26(13)21(28)22(23,24)25)8-17(31-3)20(32-4)19(18)11(10)7-16(15)30-2/h6-8,13-14,27H,5,9H2,1-4H3/t13-,14+/m0/s1. The van der Waals surface area contributed by atoms with E-state index < -0.39 is 30.8 Å². The van der Waals surface area contributed by atoms with Gasteiger partial charge in [-0.2, -0.15) is 13.2 Å². The molecule has 0 spiro atoms. The number of carbonyl (C=O) groups is 1. The Bertz CT molecular complexity index is 1080. The second-order valence-corrected chi connectivity index (χ2v) is 7.55. The molecule has 32 heavy (non-hydrogen) atoms. The van der Waals surface area contributed by atoms with Crippen molar-refractivity contribution in [1.29, 1.82) is 0 Å². The van der Waals surface area contributed by atoms with Crippen LogP contribution in [0.3, 0.4) is 0 Å². The van der Waals surface area contributed by atoms with Crippen molar-refractivity contribution in [2.75, 3.05) is 35.0 Å². The first-order chi connectivity index (χ1) is 15.2. The van der Waals surface area contributed by atoms with Crippen molar-refractivity contribution in [3.8, 4) is 34.1 Å². The van der Waals surface area contributed by atoms with Crippen LogP contribution in [0.2, 0.25) is 0 Å². The van der Waals surface area contributed by atoms with E-state index in [-0.39, 0.29) is 12.2 Å². The van der Waals surface area contributed by atoms with Crippen LogP contribution in [0.25, 0.3) is 11.1 Å². The van der Waals surface area contributed by atoms with Gasteiger partial charge in [0.05, 0.1) is 47.1 Å². The number of methoxy groups -OCH3 is 4. The Balaban J connectivity index is 2.05. The van der Waals surface area contributed by atoms with Crippen molar-refractivity contribution in [2.24, 2.45) is 0 Å². The molecule has 4 rings (SSSR count). The zero-order chi connectivity index (χ0) is 23.4. The Morgan fingerprint density at radius 1 is 1.00 bits per heavy atom. The molecule has 0 aromatic heterocycles. The number of fused-ring (bicyclic) bond motifs is 2. The van der Waals surface area contributed by atoms with E-state index in [0.29, 0.717) is 50.0 Å². The van der Waals surface area contributed by atoms with Gasteiger partial charge in [0.1, 0.15) is 0 Å². The highest BCUT2D eigenvalue weighted by molar-refractivity contribution is 5.88. The first kappa shape index (κ1) is 22.1. The van der Waals surface area contributed by atoms with Gasteiger partial charge in [0.25, 0.3) is 0 Å². The zero-order valence-electron chi connectivity index (χ0n) is 17.9. The van der Waals surface area contributed by atoms with E-state index in [4.69, 9.17) is 18.9 Å². The van der Waals surface area contributed by atoms with Gasteiger partial charge in [0.15, 0.2) is 23.0 Å². The third-order valence-corrected chi connectivity index (χ3v) is 5.98. The quantitative estimate of drug-likeness (QED) is 0.765. The van der Waals surface area contributed by atoms with Gasteiger partial charge < -0.3 is 29.0 Å². The summed E-state index contributed by atoms with van der Waals surface area (Å²) in [4.78, 5) is 13.0. The summed E-state index contributed by atoms with van der Waals surface area (Å²) in [6.07, 6.45) is -6.31. The molecule has 1 aliphatic carbocycles. The predicted molar refractivity (Wildman–Crippen MR) is 107 cm³/mol. The second kappa shape index (κ2) is 7.77. The molecule has 2 aromatic rings. The SMILES string of the molecule is COc1cc2c(cc1OC)-c1c(OC)c(OC)cc3c1[C@H](C2)N(C(=O)C(F)(F)F)C[C@H]3O. The molecule has 0 radical (unpaired) electrons. The van der Waals surface area contributed by atoms with Crippen molar-refractivity contribution in [3.63, 3.8) is 0 Å². The lowest BCUT2D eigenvalue weighted by atomic mass is 9.75. The highest BCUT2D eigenvalue weighted by atomic mass is 19.4. The monoisotopic (exact) mass is 453 g/mol. The summed E-state index contributed by atoms with van der Waals surface area (Å²) in [6, 6.07) is 3.98. The summed E-state index contributed by atoms with van der Waals surface area (Å²) in [5.74, 6) is -0.573. The smallest absolute Gasteiger partial charge is 0.471 e. The normalized spacial score (nSPS) is 19.1. The molecule has 1 N–H and O–H groups in total. The number of aliphatic hydroxyl groups excluding tert-OH is 1. The van der Waals surface area contributed by atoms with Crippen molar-refractivity contribution in [3.05, 3.63) is 34.9 Å². The van der Waals surface area contributed by atoms with E-state index in [1.165, 1.54) is 28.4 Å². The molecular formula is C22H22F3NO6. The van der Waals surface area contributed by atoms with E-state index in [0.717, 1.165) is 0 Å². The summed E-state index contributed by atoms with van der Waals surface area (Å²) < 4.78 is 62.0. The number of amides is 1. The van der Waals surface area contributed by atoms with E-state index in [2.05, 4.69) is 0 Å². The Kier molecular flexibility index (Phi) is 5.36. The molecule has 1 aliphatic heterocycles. The number of hydrogen-bond acceptors (Lipinski definition) is 6. The van der Waals surface area contributed by atoms with Crippen molar-refractivity contribution in [2.45, 2.75) is 24.7 Å². The van der Waals surface area contributed by atoms with Crippen LogP contribution < -0.4 is 18.9 Å². The first-order valence-electron chi connectivity index (χ1n) is 9.76. The number of β-amino-alcohol motifs (C(OH)–C–C–N with tert-alkyl or cyclic N) is 1. The Labute approximate surface area is 182 Å². The molecule has 7 nitrogen and oxygen atoms in total. The number of benzene rings is 2. The second-order valence-electron chi connectivity index (χ2n) is 7.55. The number of carbonyl (C=O) groups excluding carboxylic acids is 1. The van der Waals surface area contributed by atoms with Crippen molar-refractivity contribution < 1.29 is 42.0 Å². The highest BCUT2D eigenvalue weighted by Crippen LogP contribution is 2.55. The van der Waals surface area contributed by atoms with Gasteiger partial charge in [0, 0.05) is 5.56 Å². The van der Waals surface area contributed by atoms with Crippen LogP contribution in [-0.4, -0.2) is 57.1 Å². The lowest BCUT2D eigenvalue weighted by molar-refractivity contribution is -0.190. The zero-order valence-corrected chi connectivity index (χ0v) is 17.9. The summed E-state index contributed by atoms with van der Waals surface area (Å²) in [6.45, 7) is -0.493. The van der Waals surface area contributed by atoms with Crippen LogP contribution in [0.1, 0.15) is 28.8 Å². The minimum Gasteiger partial charge on any atom is -0.493 e. The number of hydrogen-bond donors (Lipinski definition) is 1. The molecule has 1 heterocycles. The summed E-state index contributed by atoms with van der Waals surface area (Å²) >= 11 is 0. The molecule has 10 heteroatoms. The van der Waals surface area contributed by atoms with Gasteiger partial charge in [-0.1, -0.05) is 0 Å². The number of alkyl halides is 3. The Morgan fingerprint density at radius 3 is 2.19 bits per heavy atom. The predicted octanol–water partition coefficient (Wildman–Crippen LogP) is 3.42. The van der Waals surface area contributed by atoms with Gasteiger partial charge in [0.2, 0.25) is 0 Å².